The summed E-state index contributed by atoms with van der Waals surface area (Å²) in [6.45, 7) is 3.80. The van der Waals surface area contributed by atoms with Gasteiger partial charge in [0.25, 0.3) is 11.5 Å². The van der Waals surface area contributed by atoms with E-state index in [2.05, 4.69) is 16.9 Å². The van der Waals surface area contributed by atoms with E-state index in [-0.39, 0.29) is 17.0 Å². The van der Waals surface area contributed by atoms with E-state index in [1.165, 1.54) is 12.3 Å². The number of rotatable bonds is 3. The van der Waals surface area contributed by atoms with Crippen LogP contribution in [-0.2, 0) is 0 Å². The number of carbonyl (C=O) groups excluding carboxylic acids is 1. The van der Waals surface area contributed by atoms with Gasteiger partial charge in [0.2, 0.25) is 0 Å². The van der Waals surface area contributed by atoms with Crippen LogP contribution in [0, 0.1) is 0 Å². The smallest absolute Gasteiger partial charge is 0.260 e. The topological polar surface area (TPSA) is 62.0 Å². The number of carbonyl (C=O) groups is 1. The maximum absolute atomic E-state index is 11.2. The average molecular weight is 178 g/mol. The van der Waals surface area contributed by atoms with Crippen molar-refractivity contribution in [3.8, 4) is 0 Å². The summed E-state index contributed by atoms with van der Waals surface area (Å²) in [7, 11) is 0. The molecule has 1 aromatic rings. The van der Waals surface area contributed by atoms with Gasteiger partial charge in [-0.2, -0.15) is 0 Å². The third-order valence-electron chi connectivity index (χ3n) is 1.47. The summed E-state index contributed by atoms with van der Waals surface area (Å²) < 4.78 is 0. The zero-order valence-electron chi connectivity index (χ0n) is 7.04. The van der Waals surface area contributed by atoms with Crippen LogP contribution in [0.4, 0.5) is 0 Å². The van der Waals surface area contributed by atoms with Gasteiger partial charge in [-0.05, 0) is 12.1 Å². The molecular formula is C9H10N2O2. The van der Waals surface area contributed by atoms with Crippen molar-refractivity contribution in [2.75, 3.05) is 6.54 Å². The minimum atomic E-state index is -0.387. The van der Waals surface area contributed by atoms with Gasteiger partial charge in [-0.15, -0.1) is 6.58 Å². The van der Waals surface area contributed by atoms with Crippen molar-refractivity contribution in [2.24, 2.45) is 0 Å². The molecule has 13 heavy (non-hydrogen) atoms. The molecule has 0 saturated heterocycles. The van der Waals surface area contributed by atoms with Crippen LogP contribution in [0.1, 0.15) is 10.4 Å². The molecule has 0 aliphatic heterocycles. The predicted molar refractivity (Wildman–Crippen MR) is 49.6 cm³/mol. The Morgan fingerprint density at radius 1 is 1.69 bits per heavy atom. The largest absolute Gasteiger partial charge is 0.348 e. The highest BCUT2D eigenvalue weighted by Gasteiger charge is 2.06. The van der Waals surface area contributed by atoms with Crippen molar-refractivity contribution < 1.29 is 4.79 Å². The van der Waals surface area contributed by atoms with E-state index in [4.69, 9.17) is 0 Å². The van der Waals surface area contributed by atoms with Crippen LogP contribution in [0.2, 0.25) is 0 Å². The molecule has 0 bridgehead atoms. The highest BCUT2D eigenvalue weighted by Crippen LogP contribution is 1.88. The van der Waals surface area contributed by atoms with Gasteiger partial charge in [-0.1, -0.05) is 6.08 Å². The van der Waals surface area contributed by atoms with Crippen LogP contribution in [-0.4, -0.2) is 17.4 Å². The average Bonchev–Trinajstić information content (AvgIpc) is 2.15. The van der Waals surface area contributed by atoms with Gasteiger partial charge < -0.3 is 10.3 Å². The van der Waals surface area contributed by atoms with Crippen LogP contribution < -0.4 is 10.9 Å². The van der Waals surface area contributed by atoms with Gasteiger partial charge in [-0.25, -0.2) is 0 Å². The monoisotopic (exact) mass is 178 g/mol. The van der Waals surface area contributed by atoms with Crippen LogP contribution in [0.3, 0.4) is 0 Å². The molecule has 2 N–H and O–H groups in total. The molecule has 1 aromatic heterocycles. The summed E-state index contributed by atoms with van der Waals surface area (Å²) in [5.74, 6) is -0.387. The van der Waals surface area contributed by atoms with E-state index in [1.807, 2.05) is 0 Å². The first-order chi connectivity index (χ1) is 6.25. The first kappa shape index (κ1) is 9.25. The SMILES string of the molecule is C=CCNC(=O)c1ccc[nH]c1=O. The molecule has 1 rings (SSSR count). The van der Waals surface area contributed by atoms with Gasteiger partial charge in [0.1, 0.15) is 5.56 Å². The summed E-state index contributed by atoms with van der Waals surface area (Å²) >= 11 is 0. The fourth-order valence-electron chi connectivity index (χ4n) is 0.860. The summed E-state index contributed by atoms with van der Waals surface area (Å²) in [5, 5.41) is 2.51. The Morgan fingerprint density at radius 3 is 3.08 bits per heavy atom. The molecule has 0 atom stereocenters. The maximum atomic E-state index is 11.2. The summed E-state index contributed by atoms with van der Waals surface area (Å²) in [4.78, 5) is 24.7. The summed E-state index contributed by atoms with van der Waals surface area (Å²) in [5.41, 5.74) is -0.270. The molecule has 0 aliphatic carbocycles. The van der Waals surface area contributed by atoms with E-state index in [0.717, 1.165) is 0 Å². The molecule has 4 heteroatoms. The number of aromatic nitrogens is 1. The molecule has 0 fully saturated rings. The number of H-pyrrole nitrogens is 1. The highest BCUT2D eigenvalue weighted by atomic mass is 16.2. The lowest BCUT2D eigenvalue weighted by atomic mass is 10.2. The Balaban J connectivity index is 2.83. The van der Waals surface area contributed by atoms with E-state index in [9.17, 15) is 9.59 Å². The van der Waals surface area contributed by atoms with Gasteiger partial charge >= 0.3 is 0 Å². The molecular weight excluding hydrogens is 168 g/mol. The van der Waals surface area contributed by atoms with Crippen LogP contribution in [0.5, 0.6) is 0 Å². The zero-order valence-corrected chi connectivity index (χ0v) is 7.04. The third-order valence-corrected chi connectivity index (χ3v) is 1.47. The molecule has 0 saturated carbocycles. The summed E-state index contributed by atoms with van der Waals surface area (Å²) in [6.07, 6.45) is 3.03. The molecule has 0 radical (unpaired) electrons. The van der Waals surface area contributed by atoms with Crippen molar-refractivity contribution in [1.29, 1.82) is 0 Å². The van der Waals surface area contributed by atoms with Crippen molar-refractivity contribution in [2.45, 2.75) is 0 Å². The molecule has 0 aromatic carbocycles. The standard InChI is InChI=1S/C9H10N2O2/c1-2-5-10-8(12)7-4-3-6-11-9(7)13/h2-4,6H,1,5H2,(H,10,12)(H,11,13). The first-order valence-corrected chi connectivity index (χ1v) is 3.82. The molecule has 0 spiro atoms. The van der Waals surface area contributed by atoms with Crippen LogP contribution in [0.25, 0.3) is 0 Å². The lowest BCUT2D eigenvalue weighted by Gasteiger charge is -1.99. The Bertz CT molecular complexity index is 368. The Labute approximate surface area is 75.3 Å². The van der Waals surface area contributed by atoms with Gasteiger partial charge in [-0.3, -0.25) is 9.59 Å². The van der Waals surface area contributed by atoms with Crippen molar-refractivity contribution in [3.05, 3.63) is 46.9 Å². The van der Waals surface area contributed by atoms with E-state index >= 15 is 0 Å². The number of hydrogen-bond acceptors (Lipinski definition) is 2. The fourth-order valence-corrected chi connectivity index (χ4v) is 0.860. The molecule has 0 aliphatic rings. The first-order valence-electron chi connectivity index (χ1n) is 3.82. The number of hydrogen-bond donors (Lipinski definition) is 2. The minimum absolute atomic E-state index is 0.115. The molecule has 4 nitrogen and oxygen atoms in total. The lowest BCUT2D eigenvalue weighted by Crippen LogP contribution is -2.29. The molecule has 0 unspecified atom stereocenters. The molecule has 1 heterocycles. The maximum Gasteiger partial charge on any atom is 0.260 e. The molecule has 1 amide bonds. The van der Waals surface area contributed by atoms with Crippen LogP contribution >= 0.6 is 0 Å². The quantitative estimate of drug-likeness (QED) is 0.653. The van der Waals surface area contributed by atoms with E-state index < -0.39 is 0 Å². The van der Waals surface area contributed by atoms with E-state index in [0.29, 0.717) is 6.54 Å². The minimum Gasteiger partial charge on any atom is -0.348 e. The zero-order chi connectivity index (χ0) is 9.68. The van der Waals surface area contributed by atoms with Gasteiger partial charge in [0, 0.05) is 12.7 Å². The predicted octanol–water partition coefficient (Wildman–Crippen LogP) is 0.291. The van der Waals surface area contributed by atoms with Crippen molar-refractivity contribution in [3.63, 3.8) is 0 Å². The third kappa shape index (κ3) is 2.30. The normalized spacial score (nSPS) is 9.23. The Hall–Kier alpha value is -1.84. The molecule has 68 valence electrons. The number of amides is 1. The Kier molecular flexibility index (Phi) is 3.03. The second-order valence-electron chi connectivity index (χ2n) is 2.41. The van der Waals surface area contributed by atoms with Crippen LogP contribution in [0.15, 0.2) is 35.8 Å². The van der Waals surface area contributed by atoms with Crippen molar-refractivity contribution >= 4 is 5.91 Å². The second-order valence-corrected chi connectivity index (χ2v) is 2.41. The number of pyridine rings is 1. The van der Waals surface area contributed by atoms with Crippen molar-refractivity contribution in [1.82, 2.24) is 10.3 Å². The number of nitrogens with one attached hydrogen (secondary N) is 2. The highest BCUT2D eigenvalue weighted by molar-refractivity contribution is 5.93. The summed E-state index contributed by atoms with van der Waals surface area (Å²) in [6, 6.07) is 3.07. The number of aromatic amines is 1. The Morgan fingerprint density at radius 2 is 2.46 bits per heavy atom. The van der Waals surface area contributed by atoms with Gasteiger partial charge in [0.15, 0.2) is 0 Å². The second kappa shape index (κ2) is 4.25. The lowest BCUT2D eigenvalue weighted by molar-refractivity contribution is 0.0956. The van der Waals surface area contributed by atoms with E-state index in [1.54, 1.807) is 12.1 Å². The van der Waals surface area contributed by atoms with Gasteiger partial charge in [0.05, 0.1) is 0 Å². The fraction of sp³-hybridized carbons (Fsp3) is 0.111.